The fourth-order valence-corrected chi connectivity index (χ4v) is 1.80. The van der Waals surface area contributed by atoms with Crippen LogP contribution in [0.3, 0.4) is 0 Å². The molecular formula is C12H14N4O3. The Balaban J connectivity index is 2.02. The van der Waals surface area contributed by atoms with Gasteiger partial charge in [-0.3, -0.25) is 9.48 Å². The summed E-state index contributed by atoms with van der Waals surface area (Å²) in [6.45, 7) is -0.165. The molecule has 19 heavy (non-hydrogen) atoms. The lowest BCUT2D eigenvalue weighted by Gasteiger charge is -2.04. The Morgan fingerprint density at radius 1 is 1.32 bits per heavy atom. The summed E-state index contributed by atoms with van der Waals surface area (Å²) in [5.41, 5.74) is 1.72. The normalized spacial score (nSPS) is 10.4. The average molecular weight is 262 g/mol. The number of para-hydroxylation sites is 1. The van der Waals surface area contributed by atoms with Crippen molar-refractivity contribution in [2.75, 3.05) is 6.54 Å². The summed E-state index contributed by atoms with van der Waals surface area (Å²) in [6, 6.07) is 7.15. The number of rotatable bonds is 4. The second-order valence-corrected chi connectivity index (χ2v) is 4.02. The Hall–Kier alpha value is -2.57. The van der Waals surface area contributed by atoms with Crippen molar-refractivity contribution < 1.29 is 14.7 Å². The molecule has 0 saturated carbocycles. The number of nitrogens with one attached hydrogen (secondary N) is 2. The molecule has 0 aliphatic rings. The Morgan fingerprint density at radius 3 is 2.79 bits per heavy atom. The molecule has 1 aromatic heterocycles. The Labute approximate surface area is 109 Å². The molecule has 0 aliphatic heterocycles. The number of nitrogens with zero attached hydrogens (tertiary/aromatic N) is 2. The quantitative estimate of drug-likeness (QED) is 0.745. The molecule has 2 amide bonds. The van der Waals surface area contributed by atoms with Crippen LogP contribution in [-0.2, 0) is 18.4 Å². The fraction of sp³-hybridized carbons (Fsp3) is 0.250. The number of aryl methyl sites for hydroxylation is 1. The van der Waals surface area contributed by atoms with E-state index in [-0.39, 0.29) is 6.54 Å². The van der Waals surface area contributed by atoms with Crippen LogP contribution in [0.2, 0.25) is 0 Å². The van der Waals surface area contributed by atoms with E-state index in [0.29, 0.717) is 0 Å². The van der Waals surface area contributed by atoms with Crippen molar-refractivity contribution in [3.63, 3.8) is 0 Å². The number of benzene rings is 1. The Morgan fingerprint density at radius 2 is 2.05 bits per heavy atom. The van der Waals surface area contributed by atoms with E-state index in [4.69, 9.17) is 5.11 Å². The zero-order valence-electron chi connectivity index (χ0n) is 10.4. The number of aromatic nitrogens is 2. The maximum absolute atomic E-state index is 11.3. The highest BCUT2D eigenvalue weighted by atomic mass is 16.4. The molecule has 0 atom stereocenters. The molecule has 0 saturated heterocycles. The largest absolute Gasteiger partial charge is 0.480 e. The standard InChI is InChI=1S/C12H14N4O3/c1-16-10-5-3-2-4-8(10)9(15-16)6-13-12(19)14-7-11(17)18/h2-5H,6-7H2,1H3,(H,17,18)(H2,13,14,19). The maximum atomic E-state index is 11.3. The Kier molecular flexibility index (Phi) is 3.65. The lowest BCUT2D eigenvalue weighted by molar-refractivity contribution is -0.135. The van der Waals surface area contributed by atoms with Crippen LogP contribution in [0.15, 0.2) is 24.3 Å². The molecule has 7 nitrogen and oxygen atoms in total. The lowest BCUT2D eigenvalue weighted by Crippen LogP contribution is -2.38. The molecule has 0 fully saturated rings. The van der Waals surface area contributed by atoms with E-state index in [0.717, 1.165) is 16.6 Å². The van der Waals surface area contributed by atoms with Gasteiger partial charge in [-0.15, -0.1) is 0 Å². The van der Waals surface area contributed by atoms with E-state index < -0.39 is 18.5 Å². The van der Waals surface area contributed by atoms with E-state index in [1.54, 1.807) is 4.68 Å². The summed E-state index contributed by atoms with van der Waals surface area (Å²) >= 11 is 0. The Bertz CT molecular complexity index is 620. The first-order valence-electron chi connectivity index (χ1n) is 5.72. The molecule has 0 radical (unpaired) electrons. The number of aliphatic carboxylic acids is 1. The summed E-state index contributed by atoms with van der Waals surface area (Å²) in [6.07, 6.45) is 0. The number of carbonyl (C=O) groups is 2. The molecule has 100 valence electrons. The van der Waals surface area contributed by atoms with Crippen LogP contribution in [-0.4, -0.2) is 33.4 Å². The topological polar surface area (TPSA) is 96.3 Å². The van der Waals surface area contributed by atoms with Crippen molar-refractivity contribution in [3.8, 4) is 0 Å². The molecular weight excluding hydrogens is 248 g/mol. The van der Waals surface area contributed by atoms with Gasteiger partial charge in [-0.2, -0.15) is 5.10 Å². The predicted molar refractivity (Wildman–Crippen MR) is 68.6 cm³/mol. The van der Waals surface area contributed by atoms with Crippen molar-refractivity contribution in [1.29, 1.82) is 0 Å². The van der Waals surface area contributed by atoms with Gasteiger partial charge in [0, 0.05) is 12.4 Å². The summed E-state index contributed by atoms with van der Waals surface area (Å²) in [7, 11) is 1.83. The zero-order chi connectivity index (χ0) is 13.8. The SMILES string of the molecule is Cn1nc(CNC(=O)NCC(=O)O)c2ccccc21. The van der Waals surface area contributed by atoms with Crippen LogP contribution in [0.25, 0.3) is 10.9 Å². The van der Waals surface area contributed by atoms with Crippen molar-refractivity contribution >= 4 is 22.9 Å². The molecule has 3 N–H and O–H groups in total. The van der Waals surface area contributed by atoms with E-state index in [2.05, 4.69) is 15.7 Å². The van der Waals surface area contributed by atoms with Gasteiger partial charge in [-0.05, 0) is 6.07 Å². The number of urea groups is 1. The van der Waals surface area contributed by atoms with Gasteiger partial charge in [0.25, 0.3) is 0 Å². The highest BCUT2D eigenvalue weighted by molar-refractivity contribution is 5.83. The lowest BCUT2D eigenvalue weighted by atomic mass is 10.2. The first kappa shape index (κ1) is 12.9. The number of fused-ring (bicyclic) bond motifs is 1. The average Bonchev–Trinajstić information content (AvgIpc) is 2.71. The van der Waals surface area contributed by atoms with Crippen LogP contribution in [0.1, 0.15) is 5.69 Å². The smallest absolute Gasteiger partial charge is 0.323 e. The molecule has 2 aromatic rings. The zero-order valence-corrected chi connectivity index (χ0v) is 10.4. The maximum Gasteiger partial charge on any atom is 0.323 e. The van der Waals surface area contributed by atoms with Gasteiger partial charge in [0.15, 0.2) is 0 Å². The van der Waals surface area contributed by atoms with Crippen molar-refractivity contribution in [1.82, 2.24) is 20.4 Å². The van der Waals surface area contributed by atoms with Gasteiger partial charge >= 0.3 is 12.0 Å². The van der Waals surface area contributed by atoms with E-state index in [1.807, 2.05) is 31.3 Å². The summed E-state index contributed by atoms with van der Waals surface area (Å²) in [4.78, 5) is 21.6. The van der Waals surface area contributed by atoms with Gasteiger partial charge in [-0.1, -0.05) is 18.2 Å². The molecule has 2 rings (SSSR count). The van der Waals surface area contributed by atoms with Gasteiger partial charge < -0.3 is 15.7 Å². The third-order valence-electron chi connectivity index (χ3n) is 2.65. The third-order valence-corrected chi connectivity index (χ3v) is 2.65. The third kappa shape index (κ3) is 3.01. The van der Waals surface area contributed by atoms with Crippen LogP contribution < -0.4 is 10.6 Å². The molecule has 0 bridgehead atoms. The van der Waals surface area contributed by atoms with Gasteiger partial charge in [0.1, 0.15) is 6.54 Å². The van der Waals surface area contributed by atoms with Crippen LogP contribution in [0.5, 0.6) is 0 Å². The van der Waals surface area contributed by atoms with Gasteiger partial charge in [0.05, 0.1) is 17.8 Å². The summed E-state index contributed by atoms with van der Waals surface area (Å²) in [5, 5.41) is 18.5. The predicted octanol–water partition coefficient (Wildman–Crippen LogP) is 0.457. The number of carbonyl (C=O) groups excluding carboxylic acids is 1. The van der Waals surface area contributed by atoms with Crippen LogP contribution in [0.4, 0.5) is 4.79 Å². The first-order chi connectivity index (χ1) is 9.08. The minimum atomic E-state index is -1.08. The van der Waals surface area contributed by atoms with Crippen LogP contribution in [0, 0.1) is 0 Å². The van der Waals surface area contributed by atoms with Crippen LogP contribution >= 0.6 is 0 Å². The summed E-state index contributed by atoms with van der Waals surface area (Å²) < 4.78 is 1.74. The van der Waals surface area contributed by atoms with Crippen molar-refractivity contribution in [3.05, 3.63) is 30.0 Å². The molecule has 0 aliphatic carbocycles. The number of hydrogen-bond acceptors (Lipinski definition) is 3. The monoisotopic (exact) mass is 262 g/mol. The fourth-order valence-electron chi connectivity index (χ4n) is 1.80. The van der Waals surface area contributed by atoms with E-state index in [9.17, 15) is 9.59 Å². The highest BCUT2D eigenvalue weighted by Crippen LogP contribution is 2.16. The molecule has 0 spiro atoms. The van der Waals surface area contributed by atoms with Gasteiger partial charge in [-0.25, -0.2) is 4.79 Å². The van der Waals surface area contributed by atoms with E-state index in [1.165, 1.54) is 0 Å². The number of carboxylic acids is 1. The minimum absolute atomic E-state index is 0.243. The summed E-state index contributed by atoms with van der Waals surface area (Å²) in [5.74, 6) is -1.08. The molecule has 7 heteroatoms. The van der Waals surface area contributed by atoms with Crippen molar-refractivity contribution in [2.45, 2.75) is 6.54 Å². The number of hydrogen-bond donors (Lipinski definition) is 3. The van der Waals surface area contributed by atoms with Crippen molar-refractivity contribution in [2.24, 2.45) is 7.05 Å². The molecule has 0 unspecified atom stereocenters. The molecule has 1 heterocycles. The second-order valence-electron chi connectivity index (χ2n) is 4.02. The number of carboxylic acid groups (broad SMARTS) is 1. The van der Waals surface area contributed by atoms with Gasteiger partial charge in [0.2, 0.25) is 0 Å². The molecule has 1 aromatic carbocycles. The highest BCUT2D eigenvalue weighted by Gasteiger charge is 2.09. The number of amides is 2. The minimum Gasteiger partial charge on any atom is -0.480 e. The second kappa shape index (κ2) is 5.38. The first-order valence-corrected chi connectivity index (χ1v) is 5.72. The van der Waals surface area contributed by atoms with E-state index >= 15 is 0 Å².